The first kappa shape index (κ1) is 21.2. The number of pyridine rings is 1. The molecule has 4 rings (SSSR count). The van der Waals surface area contributed by atoms with Gasteiger partial charge in [0.25, 0.3) is 5.91 Å². The predicted molar refractivity (Wildman–Crippen MR) is 119 cm³/mol. The van der Waals surface area contributed by atoms with Crippen LogP contribution in [0.4, 0.5) is 4.39 Å². The number of nitrogens with zero attached hydrogens (tertiary/aromatic N) is 3. The molecule has 2 aromatic carbocycles. The smallest absolute Gasteiger partial charge is 0.255 e. The number of hydrogen-bond acceptors (Lipinski definition) is 4. The summed E-state index contributed by atoms with van der Waals surface area (Å²) in [5, 5.41) is 7.34. The van der Waals surface area contributed by atoms with Crippen molar-refractivity contribution in [3.05, 3.63) is 107 Å². The van der Waals surface area contributed by atoms with Crippen molar-refractivity contribution in [1.29, 1.82) is 0 Å². The molecule has 1 N–H and O–H groups in total. The number of carbonyl (C=O) groups is 1. The Kier molecular flexibility index (Phi) is 6.55. The average Bonchev–Trinajstić information content (AvgIpc) is 3.21. The minimum absolute atomic E-state index is 0.213. The molecule has 32 heavy (non-hydrogen) atoms. The van der Waals surface area contributed by atoms with Gasteiger partial charge >= 0.3 is 0 Å². The number of benzene rings is 2. The molecule has 0 unspecified atom stereocenters. The van der Waals surface area contributed by atoms with Crippen molar-refractivity contribution in [2.75, 3.05) is 0 Å². The van der Waals surface area contributed by atoms with Crippen molar-refractivity contribution in [2.45, 2.75) is 26.4 Å². The molecular formula is C25H23FN4O2. The molecule has 0 saturated carbocycles. The molecule has 6 nitrogen and oxygen atoms in total. The van der Waals surface area contributed by atoms with E-state index in [1.165, 1.54) is 12.1 Å². The largest absolute Gasteiger partial charge is 0.439 e. The molecule has 1 amide bonds. The SMILES string of the molecule is CCc1c(C(=O)NCc2cccnc2Oc2cccc(F)c2)cnn1Cc1ccccc1. The van der Waals surface area contributed by atoms with E-state index >= 15 is 0 Å². The van der Waals surface area contributed by atoms with Crippen molar-refractivity contribution in [3.8, 4) is 11.6 Å². The summed E-state index contributed by atoms with van der Waals surface area (Å²) in [6.07, 6.45) is 3.86. The summed E-state index contributed by atoms with van der Waals surface area (Å²) >= 11 is 0. The third-order valence-corrected chi connectivity index (χ3v) is 5.00. The van der Waals surface area contributed by atoms with E-state index in [0.717, 1.165) is 11.3 Å². The van der Waals surface area contributed by atoms with E-state index in [1.807, 2.05) is 48.0 Å². The van der Waals surface area contributed by atoms with Crippen molar-refractivity contribution < 1.29 is 13.9 Å². The Morgan fingerprint density at radius 2 is 1.94 bits per heavy atom. The van der Waals surface area contributed by atoms with Gasteiger partial charge in [-0.3, -0.25) is 9.48 Å². The highest BCUT2D eigenvalue weighted by Gasteiger charge is 2.17. The summed E-state index contributed by atoms with van der Waals surface area (Å²) in [5.41, 5.74) is 3.21. The summed E-state index contributed by atoms with van der Waals surface area (Å²) in [5.74, 6) is 0.0373. The molecule has 7 heteroatoms. The van der Waals surface area contributed by atoms with E-state index in [4.69, 9.17) is 4.74 Å². The van der Waals surface area contributed by atoms with Gasteiger partial charge in [0, 0.05) is 24.4 Å². The second-order valence-electron chi connectivity index (χ2n) is 7.21. The summed E-state index contributed by atoms with van der Waals surface area (Å²) in [6, 6.07) is 19.4. The van der Waals surface area contributed by atoms with Crippen LogP contribution in [-0.2, 0) is 19.5 Å². The normalized spacial score (nSPS) is 10.7. The lowest BCUT2D eigenvalue weighted by Gasteiger charge is -2.11. The zero-order chi connectivity index (χ0) is 22.3. The van der Waals surface area contributed by atoms with E-state index in [2.05, 4.69) is 15.4 Å². The summed E-state index contributed by atoms with van der Waals surface area (Å²) in [4.78, 5) is 17.1. The van der Waals surface area contributed by atoms with Crippen LogP contribution in [0.1, 0.15) is 34.1 Å². The second-order valence-corrected chi connectivity index (χ2v) is 7.21. The predicted octanol–water partition coefficient (Wildman–Crippen LogP) is 4.75. The summed E-state index contributed by atoms with van der Waals surface area (Å²) in [7, 11) is 0. The van der Waals surface area contributed by atoms with Crippen LogP contribution in [0.3, 0.4) is 0 Å². The maximum atomic E-state index is 13.5. The highest BCUT2D eigenvalue weighted by molar-refractivity contribution is 5.95. The van der Waals surface area contributed by atoms with Gasteiger partial charge in [0.1, 0.15) is 11.6 Å². The molecule has 162 valence electrons. The first-order valence-electron chi connectivity index (χ1n) is 10.4. The fourth-order valence-corrected chi connectivity index (χ4v) is 3.43. The molecule has 4 aromatic rings. The molecule has 0 aliphatic heterocycles. The maximum Gasteiger partial charge on any atom is 0.255 e. The lowest BCUT2D eigenvalue weighted by atomic mass is 10.1. The average molecular weight is 430 g/mol. The van der Waals surface area contributed by atoms with E-state index in [9.17, 15) is 9.18 Å². The van der Waals surface area contributed by atoms with Crippen LogP contribution in [0.25, 0.3) is 0 Å². The van der Waals surface area contributed by atoms with Crippen LogP contribution >= 0.6 is 0 Å². The number of carbonyl (C=O) groups excluding carboxylic acids is 1. The number of ether oxygens (including phenoxy) is 1. The minimum atomic E-state index is -0.395. The number of hydrogen-bond donors (Lipinski definition) is 1. The van der Waals surface area contributed by atoms with Gasteiger partial charge in [-0.05, 0) is 30.2 Å². The van der Waals surface area contributed by atoms with Gasteiger partial charge in [-0.15, -0.1) is 0 Å². The van der Waals surface area contributed by atoms with E-state index in [-0.39, 0.29) is 12.5 Å². The van der Waals surface area contributed by atoms with E-state index in [1.54, 1.807) is 30.6 Å². The monoisotopic (exact) mass is 430 g/mol. The molecule has 0 spiro atoms. The lowest BCUT2D eigenvalue weighted by molar-refractivity contribution is 0.0949. The Bertz CT molecular complexity index is 1210. The number of nitrogens with one attached hydrogen (secondary N) is 1. The third-order valence-electron chi connectivity index (χ3n) is 5.00. The third kappa shape index (κ3) is 5.00. The molecule has 0 radical (unpaired) electrons. The topological polar surface area (TPSA) is 69.0 Å². The number of aromatic nitrogens is 3. The fraction of sp³-hybridized carbons (Fsp3) is 0.160. The highest BCUT2D eigenvalue weighted by Crippen LogP contribution is 2.23. The first-order valence-corrected chi connectivity index (χ1v) is 10.4. The van der Waals surface area contributed by atoms with Gasteiger partial charge in [-0.1, -0.05) is 49.4 Å². The van der Waals surface area contributed by atoms with Gasteiger partial charge in [-0.2, -0.15) is 5.10 Å². The van der Waals surface area contributed by atoms with Crippen LogP contribution in [0.2, 0.25) is 0 Å². The summed E-state index contributed by atoms with van der Waals surface area (Å²) in [6.45, 7) is 2.82. The molecule has 0 bridgehead atoms. The van der Waals surface area contributed by atoms with Crippen molar-refractivity contribution >= 4 is 5.91 Å². The molecule has 2 aromatic heterocycles. The van der Waals surface area contributed by atoms with E-state index in [0.29, 0.717) is 35.7 Å². The molecule has 0 fully saturated rings. The van der Waals surface area contributed by atoms with Crippen LogP contribution in [0.15, 0.2) is 79.1 Å². The minimum Gasteiger partial charge on any atom is -0.439 e. The fourth-order valence-electron chi connectivity index (χ4n) is 3.43. The van der Waals surface area contributed by atoms with Gasteiger partial charge in [-0.25, -0.2) is 9.37 Å². The Morgan fingerprint density at radius 1 is 1.09 bits per heavy atom. The molecule has 2 heterocycles. The van der Waals surface area contributed by atoms with Crippen LogP contribution in [0, 0.1) is 5.82 Å². The standard InChI is InChI=1S/C25H23FN4O2/c1-2-23-22(16-29-30(23)17-18-8-4-3-5-9-18)24(31)28-15-19-10-7-13-27-25(19)32-21-12-6-11-20(26)14-21/h3-14,16H,2,15,17H2,1H3,(H,28,31). The van der Waals surface area contributed by atoms with Gasteiger partial charge < -0.3 is 10.1 Å². The Morgan fingerprint density at radius 3 is 2.72 bits per heavy atom. The number of rotatable bonds is 8. The Labute approximate surface area is 185 Å². The van der Waals surface area contributed by atoms with Crippen molar-refractivity contribution in [2.24, 2.45) is 0 Å². The van der Waals surface area contributed by atoms with Crippen molar-refractivity contribution in [3.63, 3.8) is 0 Å². The van der Waals surface area contributed by atoms with Gasteiger partial charge in [0.2, 0.25) is 5.88 Å². The van der Waals surface area contributed by atoms with Crippen LogP contribution < -0.4 is 10.1 Å². The highest BCUT2D eigenvalue weighted by atomic mass is 19.1. The summed E-state index contributed by atoms with van der Waals surface area (Å²) < 4.78 is 21.0. The van der Waals surface area contributed by atoms with Gasteiger partial charge in [0.05, 0.1) is 24.0 Å². The molecule has 0 atom stereocenters. The maximum absolute atomic E-state index is 13.5. The molecule has 0 aliphatic carbocycles. The Hall–Kier alpha value is -4.00. The first-order chi connectivity index (χ1) is 15.6. The molecular weight excluding hydrogens is 407 g/mol. The molecule has 0 aliphatic rings. The van der Waals surface area contributed by atoms with Crippen LogP contribution in [-0.4, -0.2) is 20.7 Å². The van der Waals surface area contributed by atoms with Crippen LogP contribution in [0.5, 0.6) is 11.6 Å². The van der Waals surface area contributed by atoms with Crippen molar-refractivity contribution in [1.82, 2.24) is 20.1 Å². The second kappa shape index (κ2) is 9.87. The van der Waals surface area contributed by atoms with E-state index < -0.39 is 5.82 Å². The lowest BCUT2D eigenvalue weighted by Crippen LogP contribution is -2.24. The zero-order valence-electron chi connectivity index (χ0n) is 17.7. The number of halogens is 1. The van der Waals surface area contributed by atoms with Gasteiger partial charge in [0.15, 0.2) is 0 Å². The zero-order valence-corrected chi connectivity index (χ0v) is 17.7. The Balaban J connectivity index is 1.46. The molecule has 0 saturated heterocycles. The number of amides is 1. The quantitative estimate of drug-likeness (QED) is 0.438.